The molecule has 31 heavy (non-hydrogen) atoms. The minimum absolute atomic E-state index is 0.200. The summed E-state index contributed by atoms with van der Waals surface area (Å²) in [5.74, 6) is -0.268. The largest absolute Gasteiger partial charge is 0.444 e. The second-order valence-electron chi connectivity index (χ2n) is 8.80. The number of pyridine rings is 1. The molecule has 1 fully saturated rings. The van der Waals surface area contributed by atoms with Crippen LogP contribution in [-0.2, 0) is 4.74 Å². The summed E-state index contributed by atoms with van der Waals surface area (Å²) in [7, 11) is 0. The minimum Gasteiger partial charge on any atom is -0.444 e. The molecule has 1 aliphatic rings. The summed E-state index contributed by atoms with van der Waals surface area (Å²) in [5, 5.41) is 4.57. The van der Waals surface area contributed by atoms with Crippen LogP contribution in [0, 0.1) is 5.82 Å². The molecule has 6 nitrogen and oxygen atoms in total. The summed E-state index contributed by atoms with van der Waals surface area (Å²) in [5.41, 5.74) is 3.15. The fourth-order valence-electron chi connectivity index (χ4n) is 3.82. The number of carbonyl (C=O) groups is 1. The van der Waals surface area contributed by atoms with Gasteiger partial charge < -0.3 is 9.64 Å². The zero-order valence-electron chi connectivity index (χ0n) is 18.1. The molecule has 162 valence electrons. The van der Waals surface area contributed by atoms with Crippen molar-refractivity contribution in [2.24, 2.45) is 0 Å². The van der Waals surface area contributed by atoms with Gasteiger partial charge in [0.05, 0.1) is 17.4 Å². The molecular formula is C24H27FN4O2. The number of piperidine rings is 1. The average Bonchev–Trinajstić information content (AvgIpc) is 3.23. The molecule has 4 rings (SSSR count). The van der Waals surface area contributed by atoms with Crippen LogP contribution in [0.2, 0.25) is 0 Å². The molecule has 1 aliphatic heterocycles. The van der Waals surface area contributed by atoms with Gasteiger partial charge in [-0.25, -0.2) is 9.18 Å². The lowest BCUT2D eigenvalue weighted by Crippen LogP contribution is -2.42. The highest BCUT2D eigenvalue weighted by molar-refractivity contribution is 5.69. The molecule has 1 aromatic carbocycles. The van der Waals surface area contributed by atoms with Crippen molar-refractivity contribution in [3.05, 3.63) is 60.7 Å². The molecule has 0 aliphatic carbocycles. The van der Waals surface area contributed by atoms with Gasteiger partial charge in [-0.15, -0.1) is 0 Å². The maximum Gasteiger partial charge on any atom is 0.410 e. The van der Waals surface area contributed by atoms with E-state index in [0.717, 1.165) is 35.4 Å². The second-order valence-corrected chi connectivity index (χ2v) is 8.80. The van der Waals surface area contributed by atoms with Gasteiger partial charge in [0.2, 0.25) is 0 Å². The Labute approximate surface area is 181 Å². The highest BCUT2D eigenvalue weighted by Gasteiger charge is 2.28. The first-order valence-electron chi connectivity index (χ1n) is 10.5. The van der Waals surface area contributed by atoms with Gasteiger partial charge in [-0.1, -0.05) is 0 Å². The zero-order chi connectivity index (χ0) is 22.0. The maximum atomic E-state index is 13.3. The van der Waals surface area contributed by atoms with Crippen molar-refractivity contribution >= 4 is 6.09 Å². The highest BCUT2D eigenvalue weighted by Crippen LogP contribution is 2.30. The van der Waals surface area contributed by atoms with E-state index in [9.17, 15) is 9.18 Å². The number of halogens is 1. The van der Waals surface area contributed by atoms with E-state index in [-0.39, 0.29) is 18.0 Å². The van der Waals surface area contributed by atoms with Crippen LogP contribution in [0.4, 0.5) is 9.18 Å². The van der Waals surface area contributed by atoms with Crippen LogP contribution in [0.25, 0.3) is 22.5 Å². The Balaban J connectivity index is 1.50. The van der Waals surface area contributed by atoms with Crippen molar-refractivity contribution in [3.8, 4) is 22.5 Å². The number of nitrogens with zero attached hydrogens (tertiary/aromatic N) is 4. The Morgan fingerprint density at radius 3 is 2.42 bits per heavy atom. The van der Waals surface area contributed by atoms with Gasteiger partial charge in [0.1, 0.15) is 11.4 Å². The third-order valence-electron chi connectivity index (χ3n) is 5.33. The molecule has 3 heterocycles. The molecule has 0 spiro atoms. The topological polar surface area (TPSA) is 60.2 Å². The number of hydrogen-bond donors (Lipinski definition) is 0. The summed E-state index contributed by atoms with van der Waals surface area (Å²) in [6.07, 6.45) is 4.92. The first-order chi connectivity index (χ1) is 14.8. The number of ether oxygens (including phenoxy) is 1. The quantitative estimate of drug-likeness (QED) is 0.573. The van der Waals surface area contributed by atoms with Crippen LogP contribution in [0.1, 0.15) is 39.7 Å². The van der Waals surface area contributed by atoms with Crippen LogP contribution in [0.5, 0.6) is 0 Å². The van der Waals surface area contributed by atoms with Crippen molar-refractivity contribution in [3.63, 3.8) is 0 Å². The van der Waals surface area contributed by atoms with Crippen LogP contribution < -0.4 is 0 Å². The highest BCUT2D eigenvalue weighted by atomic mass is 19.1. The molecule has 0 bridgehead atoms. The van der Waals surface area contributed by atoms with E-state index in [1.54, 1.807) is 29.4 Å². The van der Waals surface area contributed by atoms with Crippen molar-refractivity contribution in [1.82, 2.24) is 19.7 Å². The van der Waals surface area contributed by atoms with Gasteiger partial charge in [-0.3, -0.25) is 9.67 Å². The van der Waals surface area contributed by atoms with Gasteiger partial charge in [-0.2, -0.15) is 5.10 Å². The van der Waals surface area contributed by atoms with Crippen LogP contribution in [-0.4, -0.2) is 44.4 Å². The van der Waals surface area contributed by atoms with Crippen LogP contribution in [0.15, 0.2) is 54.9 Å². The Bertz CT molecular complexity index is 1050. The first-order valence-corrected chi connectivity index (χ1v) is 10.5. The van der Waals surface area contributed by atoms with E-state index in [1.165, 1.54) is 12.1 Å². The fourth-order valence-corrected chi connectivity index (χ4v) is 3.82. The first kappa shape index (κ1) is 21.0. The van der Waals surface area contributed by atoms with Gasteiger partial charge in [0.15, 0.2) is 0 Å². The summed E-state index contributed by atoms with van der Waals surface area (Å²) < 4.78 is 20.8. The van der Waals surface area contributed by atoms with E-state index in [2.05, 4.69) is 10.1 Å². The molecular weight excluding hydrogens is 395 g/mol. The smallest absolute Gasteiger partial charge is 0.410 e. The van der Waals surface area contributed by atoms with Crippen molar-refractivity contribution in [2.75, 3.05) is 13.1 Å². The Morgan fingerprint density at radius 1 is 1.03 bits per heavy atom. The molecule has 1 amide bonds. The molecule has 0 radical (unpaired) electrons. The van der Waals surface area contributed by atoms with E-state index >= 15 is 0 Å². The Kier molecular flexibility index (Phi) is 5.76. The summed E-state index contributed by atoms with van der Waals surface area (Å²) in [6.45, 7) is 6.90. The van der Waals surface area contributed by atoms with E-state index in [1.807, 2.05) is 43.7 Å². The van der Waals surface area contributed by atoms with E-state index < -0.39 is 5.60 Å². The summed E-state index contributed by atoms with van der Waals surface area (Å²) >= 11 is 0. The molecule has 0 unspecified atom stereocenters. The Hall–Kier alpha value is -3.22. The van der Waals surface area contributed by atoms with Gasteiger partial charge >= 0.3 is 6.09 Å². The number of rotatable bonds is 3. The third kappa shape index (κ3) is 4.93. The van der Waals surface area contributed by atoms with Crippen LogP contribution >= 0.6 is 0 Å². The lowest BCUT2D eigenvalue weighted by atomic mass is 10.0. The van der Waals surface area contributed by atoms with Gasteiger partial charge in [-0.05, 0) is 76.1 Å². The Morgan fingerprint density at radius 2 is 1.74 bits per heavy atom. The number of likely N-dealkylation sites (tertiary alicyclic amines) is 1. The average molecular weight is 423 g/mol. The van der Waals surface area contributed by atoms with Crippen molar-refractivity contribution < 1.29 is 13.9 Å². The lowest BCUT2D eigenvalue weighted by Gasteiger charge is -2.34. The summed E-state index contributed by atoms with van der Waals surface area (Å²) in [4.78, 5) is 18.5. The molecule has 2 aromatic heterocycles. The third-order valence-corrected chi connectivity index (χ3v) is 5.33. The molecule has 1 saturated heterocycles. The van der Waals surface area contributed by atoms with Gasteiger partial charge in [0, 0.05) is 36.6 Å². The SMILES string of the molecule is CC(C)(C)OC(=O)N1CCC(n2nccc2-c2ccnc(-c3ccc(F)cc3)c2)CC1. The second kappa shape index (κ2) is 8.49. The molecule has 0 atom stereocenters. The zero-order valence-corrected chi connectivity index (χ0v) is 18.1. The number of benzene rings is 1. The minimum atomic E-state index is -0.493. The fraction of sp³-hybridized carbons (Fsp3) is 0.375. The number of amides is 1. The standard InChI is InChI=1S/C24H27FN4O2/c1-24(2,3)31-23(30)28-14-10-20(11-15-28)29-22(9-13-27-29)18-8-12-26-21(16-18)17-4-6-19(25)7-5-17/h4-9,12-13,16,20H,10-11,14-15H2,1-3H3. The van der Waals surface area contributed by atoms with Crippen molar-refractivity contribution in [2.45, 2.75) is 45.3 Å². The number of aromatic nitrogens is 3. The number of carbonyl (C=O) groups excluding carboxylic acids is 1. The normalized spacial score (nSPS) is 15.2. The van der Waals surface area contributed by atoms with E-state index in [4.69, 9.17) is 4.74 Å². The van der Waals surface area contributed by atoms with Crippen LogP contribution in [0.3, 0.4) is 0 Å². The lowest BCUT2D eigenvalue weighted by molar-refractivity contribution is 0.0185. The predicted molar refractivity (Wildman–Crippen MR) is 117 cm³/mol. The molecule has 7 heteroatoms. The predicted octanol–water partition coefficient (Wildman–Crippen LogP) is 5.32. The molecule has 0 N–H and O–H groups in total. The molecule has 0 saturated carbocycles. The summed E-state index contributed by atoms with van der Waals surface area (Å²) in [6, 6.07) is 12.5. The van der Waals surface area contributed by atoms with Gasteiger partial charge in [0.25, 0.3) is 0 Å². The monoisotopic (exact) mass is 422 g/mol. The number of hydrogen-bond acceptors (Lipinski definition) is 4. The van der Waals surface area contributed by atoms with E-state index in [0.29, 0.717) is 13.1 Å². The van der Waals surface area contributed by atoms with Crippen molar-refractivity contribution in [1.29, 1.82) is 0 Å². The maximum absolute atomic E-state index is 13.3. The molecule has 3 aromatic rings.